The summed E-state index contributed by atoms with van der Waals surface area (Å²) in [5, 5.41) is 6.57. The number of hydrogen-bond acceptors (Lipinski definition) is 3. The van der Waals surface area contributed by atoms with E-state index in [1.165, 1.54) is 18.2 Å². The SMILES string of the molecule is CCc1ccc(-c2ccc(=O)n(CC(=O)Nc3cccc(C(F)(F)F)c3)n2)cc1. The maximum atomic E-state index is 12.8. The van der Waals surface area contributed by atoms with Gasteiger partial charge in [-0.1, -0.05) is 37.3 Å². The number of aryl methyl sites for hydroxylation is 1. The van der Waals surface area contributed by atoms with E-state index in [-0.39, 0.29) is 5.69 Å². The van der Waals surface area contributed by atoms with Gasteiger partial charge in [0.25, 0.3) is 5.56 Å². The Kier molecular flexibility index (Phi) is 5.81. The lowest BCUT2D eigenvalue weighted by atomic mass is 10.1. The smallest absolute Gasteiger partial charge is 0.324 e. The minimum atomic E-state index is -4.51. The van der Waals surface area contributed by atoms with Crippen molar-refractivity contribution in [3.63, 3.8) is 0 Å². The number of aromatic nitrogens is 2. The highest BCUT2D eigenvalue weighted by atomic mass is 19.4. The third-order valence-electron chi connectivity index (χ3n) is 4.29. The lowest BCUT2D eigenvalue weighted by molar-refractivity contribution is -0.137. The van der Waals surface area contributed by atoms with E-state index in [9.17, 15) is 22.8 Å². The normalized spacial score (nSPS) is 11.3. The summed E-state index contributed by atoms with van der Waals surface area (Å²) >= 11 is 0. The summed E-state index contributed by atoms with van der Waals surface area (Å²) in [5.74, 6) is -0.655. The van der Waals surface area contributed by atoms with E-state index < -0.39 is 29.8 Å². The standard InChI is InChI=1S/C21H18F3N3O2/c1-2-14-6-8-15(9-7-14)18-10-11-20(29)27(26-18)13-19(28)25-17-5-3-4-16(12-17)21(22,23)24/h3-12H,2,13H2,1H3,(H,25,28). The highest BCUT2D eigenvalue weighted by molar-refractivity contribution is 5.90. The second-order valence-electron chi connectivity index (χ2n) is 6.39. The van der Waals surface area contributed by atoms with Crippen LogP contribution in [-0.4, -0.2) is 15.7 Å². The molecular weight excluding hydrogens is 383 g/mol. The molecule has 0 bridgehead atoms. The van der Waals surface area contributed by atoms with Crippen LogP contribution in [0.4, 0.5) is 18.9 Å². The molecule has 8 heteroatoms. The summed E-state index contributed by atoms with van der Waals surface area (Å²) in [6.07, 6.45) is -3.62. The van der Waals surface area contributed by atoms with Gasteiger partial charge in [0.1, 0.15) is 6.54 Å². The van der Waals surface area contributed by atoms with Crippen molar-refractivity contribution in [2.45, 2.75) is 26.1 Å². The van der Waals surface area contributed by atoms with Crippen LogP contribution in [0.5, 0.6) is 0 Å². The molecule has 0 aliphatic rings. The fourth-order valence-electron chi connectivity index (χ4n) is 2.74. The van der Waals surface area contributed by atoms with Crippen molar-refractivity contribution in [2.75, 3.05) is 5.32 Å². The first-order valence-corrected chi connectivity index (χ1v) is 8.91. The van der Waals surface area contributed by atoms with Crippen LogP contribution in [0.1, 0.15) is 18.1 Å². The highest BCUT2D eigenvalue weighted by Gasteiger charge is 2.30. The number of carbonyl (C=O) groups is 1. The first-order chi connectivity index (χ1) is 13.8. The topological polar surface area (TPSA) is 64.0 Å². The molecule has 5 nitrogen and oxygen atoms in total. The van der Waals surface area contributed by atoms with Crippen LogP contribution in [0.25, 0.3) is 11.3 Å². The van der Waals surface area contributed by atoms with Crippen LogP contribution in [0.15, 0.2) is 65.5 Å². The Balaban J connectivity index is 1.77. The number of benzene rings is 2. The van der Waals surface area contributed by atoms with Crippen molar-refractivity contribution in [3.8, 4) is 11.3 Å². The van der Waals surface area contributed by atoms with Crippen molar-refractivity contribution in [3.05, 3.63) is 82.1 Å². The molecule has 1 amide bonds. The van der Waals surface area contributed by atoms with Gasteiger partial charge in [0, 0.05) is 17.3 Å². The Morgan fingerprint density at radius 1 is 1.07 bits per heavy atom. The summed E-state index contributed by atoms with van der Waals surface area (Å²) in [6, 6.07) is 14.8. The van der Waals surface area contributed by atoms with Crippen molar-refractivity contribution in [2.24, 2.45) is 0 Å². The largest absolute Gasteiger partial charge is 0.416 e. The Morgan fingerprint density at radius 3 is 2.45 bits per heavy atom. The third kappa shape index (κ3) is 5.10. The zero-order valence-electron chi connectivity index (χ0n) is 15.5. The van der Waals surface area contributed by atoms with Crippen LogP contribution in [0.3, 0.4) is 0 Å². The monoisotopic (exact) mass is 401 g/mol. The van der Waals surface area contributed by atoms with Gasteiger partial charge in [-0.15, -0.1) is 0 Å². The van der Waals surface area contributed by atoms with Gasteiger partial charge in [-0.25, -0.2) is 4.68 Å². The molecule has 1 N–H and O–H groups in total. The van der Waals surface area contributed by atoms with Gasteiger partial charge in [0.2, 0.25) is 5.91 Å². The van der Waals surface area contributed by atoms with Crippen LogP contribution in [0.2, 0.25) is 0 Å². The van der Waals surface area contributed by atoms with Gasteiger partial charge in [-0.05, 0) is 36.2 Å². The molecule has 0 atom stereocenters. The first kappa shape index (κ1) is 20.3. The van der Waals surface area contributed by atoms with E-state index in [1.54, 1.807) is 6.07 Å². The molecular formula is C21H18F3N3O2. The molecule has 3 rings (SSSR count). The molecule has 29 heavy (non-hydrogen) atoms. The number of alkyl halides is 3. The van der Waals surface area contributed by atoms with Gasteiger partial charge in [-0.3, -0.25) is 9.59 Å². The second kappa shape index (κ2) is 8.30. The van der Waals surface area contributed by atoms with Gasteiger partial charge < -0.3 is 5.32 Å². The fourth-order valence-corrected chi connectivity index (χ4v) is 2.74. The Morgan fingerprint density at radius 2 is 1.79 bits per heavy atom. The van der Waals surface area contributed by atoms with Crippen molar-refractivity contribution >= 4 is 11.6 Å². The van der Waals surface area contributed by atoms with Crippen molar-refractivity contribution in [1.82, 2.24) is 9.78 Å². The molecule has 1 aromatic heterocycles. The van der Waals surface area contributed by atoms with E-state index in [0.717, 1.165) is 34.4 Å². The van der Waals surface area contributed by atoms with Crippen LogP contribution >= 0.6 is 0 Å². The van der Waals surface area contributed by atoms with Crippen molar-refractivity contribution in [1.29, 1.82) is 0 Å². The average molecular weight is 401 g/mol. The lowest BCUT2D eigenvalue weighted by Crippen LogP contribution is -2.29. The summed E-state index contributed by atoms with van der Waals surface area (Å²) in [5.41, 5.74) is 1.08. The molecule has 0 spiro atoms. The van der Waals surface area contributed by atoms with Crippen molar-refractivity contribution < 1.29 is 18.0 Å². The molecule has 0 fully saturated rings. The minimum Gasteiger partial charge on any atom is -0.324 e. The maximum Gasteiger partial charge on any atom is 0.416 e. The minimum absolute atomic E-state index is 0.0100. The van der Waals surface area contributed by atoms with Gasteiger partial charge >= 0.3 is 6.18 Å². The molecule has 0 radical (unpaired) electrons. The molecule has 0 saturated heterocycles. The number of carbonyl (C=O) groups excluding carboxylic acids is 1. The Labute approximate surface area is 164 Å². The predicted molar refractivity (Wildman–Crippen MR) is 103 cm³/mol. The summed E-state index contributed by atoms with van der Waals surface area (Å²) < 4.78 is 39.3. The number of halogens is 3. The number of nitrogens with zero attached hydrogens (tertiary/aromatic N) is 2. The van der Waals surface area contributed by atoms with Gasteiger partial charge in [-0.2, -0.15) is 18.3 Å². The highest BCUT2D eigenvalue weighted by Crippen LogP contribution is 2.30. The average Bonchev–Trinajstić information content (AvgIpc) is 2.69. The van der Waals surface area contributed by atoms with Crippen LogP contribution in [-0.2, 0) is 23.9 Å². The van der Waals surface area contributed by atoms with Crippen LogP contribution < -0.4 is 10.9 Å². The number of amides is 1. The number of hydrogen-bond donors (Lipinski definition) is 1. The van der Waals surface area contributed by atoms with Gasteiger partial charge in [0.15, 0.2) is 0 Å². The fraction of sp³-hybridized carbons (Fsp3) is 0.190. The Hall–Kier alpha value is -3.42. The lowest BCUT2D eigenvalue weighted by Gasteiger charge is -2.11. The van der Waals surface area contributed by atoms with E-state index in [0.29, 0.717) is 5.69 Å². The van der Waals surface area contributed by atoms with E-state index in [1.807, 2.05) is 31.2 Å². The molecule has 3 aromatic rings. The number of anilines is 1. The van der Waals surface area contributed by atoms with E-state index in [4.69, 9.17) is 0 Å². The predicted octanol–water partition coefficient (Wildman–Crippen LogP) is 4.13. The zero-order chi connectivity index (χ0) is 21.0. The Bertz CT molecular complexity index is 1070. The summed E-state index contributed by atoms with van der Waals surface area (Å²) in [6.45, 7) is 1.62. The molecule has 2 aromatic carbocycles. The quantitative estimate of drug-likeness (QED) is 0.699. The number of nitrogens with one attached hydrogen (secondary N) is 1. The molecule has 150 valence electrons. The maximum absolute atomic E-state index is 12.8. The van der Waals surface area contributed by atoms with E-state index in [2.05, 4.69) is 10.4 Å². The zero-order valence-corrected chi connectivity index (χ0v) is 15.5. The number of rotatable bonds is 5. The third-order valence-corrected chi connectivity index (χ3v) is 4.29. The second-order valence-corrected chi connectivity index (χ2v) is 6.39. The molecule has 0 aliphatic carbocycles. The summed E-state index contributed by atoms with van der Waals surface area (Å²) in [7, 11) is 0. The van der Waals surface area contributed by atoms with Gasteiger partial charge in [0.05, 0.1) is 11.3 Å². The summed E-state index contributed by atoms with van der Waals surface area (Å²) in [4.78, 5) is 24.3. The first-order valence-electron chi connectivity index (χ1n) is 8.91. The molecule has 1 heterocycles. The molecule has 0 saturated carbocycles. The molecule has 0 aliphatic heterocycles. The molecule has 0 unspecified atom stereocenters. The van der Waals surface area contributed by atoms with Crippen LogP contribution in [0, 0.1) is 0 Å². The van der Waals surface area contributed by atoms with E-state index >= 15 is 0 Å².